The van der Waals surface area contributed by atoms with E-state index >= 15 is 0 Å². The fraction of sp³-hybridized carbons (Fsp3) is 0.375. The minimum atomic E-state index is -0.0429. The lowest BCUT2D eigenvalue weighted by atomic mass is 10.2. The van der Waals surface area contributed by atoms with Crippen molar-refractivity contribution in [3.05, 3.63) is 40.9 Å². The van der Waals surface area contributed by atoms with Crippen molar-refractivity contribution in [1.82, 2.24) is 4.98 Å². The summed E-state index contributed by atoms with van der Waals surface area (Å²) in [5.74, 6) is -0.0429. The van der Waals surface area contributed by atoms with Crippen molar-refractivity contribution in [3.63, 3.8) is 0 Å². The molecule has 1 amide bonds. The minimum Gasteiger partial charge on any atom is -0.360 e. The first kappa shape index (κ1) is 15.5. The minimum absolute atomic E-state index is 0.0429. The Balaban J connectivity index is 2.05. The highest BCUT2D eigenvalue weighted by Crippen LogP contribution is 2.19. The first-order valence-electron chi connectivity index (χ1n) is 7.01. The van der Waals surface area contributed by atoms with Crippen LogP contribution >= 0.6 is 11.3 Å². The van der Waals surface area contributed by atoms with Crippen molar-refractivity contribution < 1.29 is 4.79 Å². The van der Waals surface area contributed by atoms with Gasteiger partial charge in [0.05, 0.1) is 12.2 Å². The number of carbonyl (C=O) groups is 1. The Morgan fingerprint density at radius 3 is 2.48 bits per heavy atom. The molecule has 2 aromatic rings. The zero-order chi connectivity index (χ0) is 15.4. The zero-order valence-electron chi connectivity index (χ0n) is 12.9. The highest BCUT2D eigenvalue weighted by Gasteiger charge is 2.15. The van der Waals surface area contributed by atoms with Crippen molar-refractivity contribution in [3.8, 4) is 0 Å². The molecule has 1 heterocycles. The van der Waals surface area contributed by atoms with E-state index in [1.54, 1.807) is 0 Å². The molecule has 2 rings (SSSR count). The van der Waals surface area contributed by atoms with E-state index in [-0.39, 0.29) is 11.9 Å². The smallest absolute Gasteiger partial charge is 0.245 e. The number of benzene rings is 1. The number of hydrogen-bond acceptors (Lipinski definition) is 4. The van der Waals surface area contributed by atoms with Gasteiger partial charge in [0.1, 0.15) is 0 Å². The topological polar surface area (TPSA) is 45.2 Å². The summed E-state index contributed by atoms with van der Waals surface area (Å²) in [5.41, 5.74) is 3.20. The van der Waals surface area contributed by atoms with E-state index in [1.807, 2.05) is 12.3 Å². The van der Waals surface area contributed by atoms with Crippen LogP contribution in [-0.2, 0) is 4.79 Å². The first-order chi connectivity index (χ1) is 9.95. The molecule has 1 aromatic carbocycles. The summed E-state index contributed by atoms with van der Waals surface area (Å²) in [4.78, 5) is 18.5. The second-order valence-corrected chi connectivity index (χ2v) is 6.26. The van der Waals surface area contributed by atoms with Gasteiger partial charge in [0.15, 0.2) is 5.13 Å². The van der Waals surface area contributed by atoms with Crippen LogP contribution in [0.4, 0.5) is 10.8 Å². The lowest BCUT2D eigenvalue weighted by Gasteiger charge is -2.28. The molecular formula is C16H21N3OS. The van der Waals surface area contributed by atoms with E-state index < -0.39 is 0 Å². The molecule has 0 saturated carbocycles. The van der Waals surface area contributed by atoms with Crippen molar-refractivity contribution >= 4 is 28.1 Å². The molecule has 112 valence electrons. The third-order valence-electron chi connectivity index (χ3n) is 3.17. The van der Waals surface area contributed by atoms with Gasteiger partial charge in [-0.25, -0.2) is 4.98 Å². The van der Waals surface area contributed by atoms with E-state index in [0.29, 0.717) is 11.7 Å². The van der Waals surface area contributed by atoms with E-state index in [4.69, 9.17) is 0 Å². The summed E-state index contributed by atoms with van der Waals surface area (Å²) in [7, 11) is 0. The van der Waals surface area contributed by atoms with Gasteiger partial charge < -0.3 is 10.2 Å². The van der Waals surface area contributed by atoms with Crippen LogP contribution in [0, 0.1) is 13.8 Å². The third kappa shape index (κ3) is 4.29. The molecule has 0 unspecified atom stereocenters. The van der Waals surface area contributed by atoms with Gasteiger partial charge in [-0.3, -0.25) is 4.79 Å². The van der Waals surface area contributed by atoms with E-state index in [1.165, 1.54) is 16.9 Å². The maximum absolute atomic E-state index is 12.2. The summed E-state index contributed by atoms with van der Waals surface area (Å²) in [5, 5.41) is 5.44. The Kier molecular flexibility index (Phi) is 4.96. The predicted molar refractivity (Wildman–Crippen MR) is 89.1 cm³/mol. The molecular weight excluding hydrogens is 282 g/mol. The van der Waals surface area contributed by atoms with E-state index in [9.17, 15) is 4.79 Å². The predicted octanol–water partition coefficient (Wildman–Crippen LogP) is 3.61. The summed E-state index contributed by atoms with van der Waals surface area (Å²) in [6.45, 7) is 8.46. The summed E-state index contributed by atoms with van der Waals surface area (Å²) < 4.78 is 0. The van der Waals surface area contributed by atoms with Gasteiger partial charge in [-0.1, -0.05) is 17.7 Å². The second kappa shape index (κ2) is 6.72. The molecule has 1 aromatic heterocycles. The number of aromatic nitrogens is 1. The first-order valence-corrected chi connectivity index (χ1v) is 7.89. The van der Waals surface area contributed by atoms with Crippen molar-refractivity contribution in [2.24, 2.45) is 0 Å². The maximum atomic E-state index is 12.2. The number of aryl methyl sites for hydroxylation is 2. The lowest BCUT2D eigenvalue weighted by Crippen LogP contribution is -2.38. The van der Waals surface area contributed by atoms with Gasteiger partial charge in [0.25, 0.3) is 0 Å². The quantitative estimate of drug-likeness (QED) is 0.917. The highest BCUT2D eigenvalue weighted by molar-refractivity contribution is 7.13. The van der Waals surface area contributed by atoms with Crippen LogP contribution in [-0.4, -0.2) is 23.5 Å². The number of nitrogens with zero attached hydrogens (tertiary/aromatic N) is 2. The molecule has 21 heavy (non-hydrogen) atoms. The van der Waals surface area contributed by atoms with Gasteiger partial charge in [0.2, 0.25) is 5.91 Å². The molecule has 5 heteroatoms. The average molecular weight is 303 g/mol. The fourth-order valence-electron chi connectivity index (χ4n) is 2.03. The van der Waals surface area contributed by atoms with E-state index in [2.05, 4.69) is 60.2 Å². The Labute approximate surface area is 129 Å². The van der Waals surface area contributed by atoms with Gasteiger partial charge in [-0.05, 0) is 39.8 Å². The average Bonchev–Trinajstić information content (AvgIpc) is 2.82. The monoisotopic (exact) mass is 303 g/mol. The Bertz CT molecular complexity index is 604. The van der Waals surface area contributed by atoms with E-state index in [0.717, 1.165) is 11.4 Å². The maximum Gasteiger partial charge on any atom is 0.245 e. The standard InChI is InChI=1S/C16H21N3OS/c1-11(2)19(14-7-5-12(3)6-8-14)9-15(20)18-16-17-13(4)10-21-16/h5-8,10-11H,9H2,1-4H3,(H,17,18,20). The molecule has 0 aliphatic carbocycles. The van der Waals surface area contributed by atoms with Gasteiger partial charge in [-0.2, -0.15) is 0 Å². The number of anilines is 2. The van der Waals surface area contributed by atoms with Crippen molar-refractivity contribution in [1.29, 1.82) is 0 Å². The Hall–Kier alpha value is -1.88. The Morgan fingerprint density at radius 1 is 1.29 bits per heavy atom. The number of rotatable bonds is 5. The van der Waals surface area contributed by atoms with Crippen LogP contribution < -0.4 is 10.2 Å². The highest BCUT2D eigenvalue weighted by atomic mass is 32.1. The normalized spacial score (nSPS) is 10.7. The molecule has 1 N–H and O–H groups in total. The number of nitrogens with one attached hydrogen (secondary N) is 1. The molecule has 4 nitrogen and oxygen atoms in total. The Morgan fingerprint density at radius 2 is 1.95 bits per heavy atom. The van der Waals surface area contributed by atoms with Gasteiger partial charge >= 0.3 is 0 Å². The molecule has 0 spiro atoms. The molecule has 0 aliphatic rings. The molecule has 0 aliphatic heterocycles. The molecule has 0 radical (unpaired) electrons. The van der Waals surface area contributed by atoms with Crippen LogP contribution in [0.2, 0.25) is 0 Å². The third-order valence-corrected chi connectivity index (χ3v) is 4.04. The SMILES string of the molecule is Cc1ccc(N(CC(=O)Nc2nc(C)cs2)C(C)C)cc1. The van der Waals surface area contributed by atoms with Gasteiger partial charge in [0, 0.05) is 17.1 Å². The molecule has 0 atom stereocenters. The summed E-state index contributed by atoms with van der Waals surface area (Å²) in [6.07, 6.45) is 0. The largest absolute Gasteiger partial charge is 0.360 e. The van der Waals surface area contributed by atoms with Crippen molar-refractivity contribution in [2.75, 3.05) is 16.8 Å². The summed E-state index contributed by atoms with van der Waals surface area (Å²) in [6, 6.07) is 8.47. The van der Waals surface area contributed by atoms with Gasteiger partial charge in [-0.15, -0.1) is 11.3 Å². The number of thiazole rings is 1. The van der Waals surface area contributed by atoms with Crippen LogP contribution in [0.15, 0.2) is 29.6 Å². The molecule has 0 bridgehead atoms. The fourth-order valence-corrected chi connectivity index (χ4v) is 2.74. The van der Waals surface area contributed by atoms with Crippen LogP contribution in [0.3, 0.4) is 0 Å². The molecule has 0 fully saturated rings. The zero-order valence-corrected chi connectivity index (χ0v) is 13.7. The lowest BCUT2D eigenvalue weighted by molar-refractivity contribution is -0.115. The van der Waals surface area contributed by atoms with Crippen LogP contribution in [0.5, 0.6) is 0 Å². The number of amides is 1. The summed E-state index contributed by atoms with van der Waals surface area (Å²) >= 11 is 1.45. The van der Waals surface area contributed by atoms with Crippen LogP contribution in [0.25, 0.3) is 0 Å². The number of hydrogen-bond donors (Lipinski definition) is 1. The number of carbonyl (C=O) groups excluding carboxylic acids is 1. The van der Waals surface area contributed by atoms with Crippen molar-refractivity contribution in [2.45, 2.75) is 33.7 Å². The molecule has 0 saturated heterocycles. The van der Waals surface area contributed by atoms with Crippen LogP contribution in [0.1, 0.15) is 25.1 Å². The second-order valence-electron chi connectivity index (χ2n) is 5.40.